The van der Waals surface area contributed by atoms with Gasteiger partial charge in [-0.15, -0.1) is 0 Å². The van der Waals surface area contributed by atoms with Crippen molar-refractivity contribution < 1.29 is 9.94 Å². The highest BCUT2D eigenvalue weighted by Crippen LogP contribution is 2.16. The van der Waals surface area contributed by atoms with Crippen LogP contribution in [0.5, 0.6) is 5.75 Å². The molecule has 0 saturated heterocycles. The first-order valence-electron chi connectivity index (χ1n) is 6.37. The molecule has 0 aliphatic carbocycles. The lowest BCUT2D eigenvalue weighted by molar-refractivity contribution is 0.305. The monoisotopic (exact) mass is 270 g/mol. The fourth-order valence-electron chi connectivity index (χ4n) is 1.87. The highest BCUT2D eigenvalue weighted by Gasteiger charge is 2.04. The van der Waals surface area contributed by atoms with Crippen molar-refractivity contribution in [2.24, 2.45) is 10.9 Å². The van der Waals surface area contributed by atoms with Gasteiger partial charge in [-0.1, -0.05) is 35.0 Å². The van der Waals surface area contributed by atoms with Crippen LogP contribution >= 0.6 is 0 Å². The molecule has 0 aliphatic heterocycles. The molecule has 2 rings (SSSR count). The molecule has 0 saturated carbocycles. The van der Waals surface area contributed by atoms with Gasteiger partial charge in [-0.3, -0.25) is 0 Å². The second-order valence-corrected chi connectivity index (χ2v) is 4.73. The summed E-state index contributed by atoms with van der Waals surface area (Å²) in [6.45, 7) is 4.51. The molecule has 0 heterocycles. The molecule has 4 nitrogen and oxygen atoms in total. The Morgan fingerprint density at radius 2 is 1.85 bits per heavy atom. The summed E-state index contributed by atoms with van der Waals surface area (Å²) < 4.78 is 5.74. The topological polar surface area (TPSA) is 67.8 Å². The molecular formula is C16H18N2O2. The lowest BCUT2D eigenvalue weighted by atomic mass is 10.1. The summed E-state index contributed by atoms with van der Waals surface area (Å²) in [5.41, 5.74) is 9.58. The molecule has 0 atom stereocenters. The highest BCUT2D eigenvalue weighted by atomic mass is 16.5. The summed E-state index contributed by atoms with van der Waals surface area (Å²) >= 11 is 0. The summed E-state index contributed by atoms with van der Waals surface area (Å²) in [7, 11) is 0. The smallest absolute Gasteiger partial charge is 0.170 e. The number of hydrogen-bond donors (Lipinski definition) is 2. The summed E-state index contributed by atoms with van der Waals surface area (Å²) in [6.07, 6.45) is 0. The van der Waals surface area contributed by atoms with Gasteiger partial charge in [0.05, 0.1) is 0 Å². The van der Waals surface area contributed by atoms with Crippen LogP contribution in [0.15, 0.2) is 47.6 Å². The molecule has 0 aromatic heterocycles. The molecule has 20 heavy (non-hydrogen) atoms. The Labute approximate surface area is 118 Å². The van der Waals surface area contributed by atoms with E-state index in [9.17, 15) is 0 Å². The minimum Gasteiger partial charge on any atom is -0.489 e. The molecule has 2 aromatic carbocycles. The predicted octanol–water partition coefficient (Wildman–Crippen LogP) is 2.98. The number of hydrogen-bond acceptors (Lipinski definition) is 3. The fourth-order valence-corrected chi connectivity index (χ4v) is 1.87. The molecule has 0 amide bonds. The van der Waals surface area contributed by atoms with Gasteiger partial charge in [-0.05, 0) is 43.2 Å². The average molecular weight is 270 g/mol. The molecule has 4 heteroatoms. The van der Waals surface area contributed by atoms with Crippen molar-refractivity contribution >= 4 is 5.84 Å². The van der Waals surface area contributed by atoms with Crippen LogP contribution < -0.4 is 10.5 Å². The zero-order chi connectivity index (χ0) is 14.5. The number of amidine groups is 1. The first kappa shape index (κ1) is 13.9. The number of oxime groups is 1. The highest BCUT2D eigenvalue weighted by molar-refractivity contribution is 5.97. The molecule has 0 fully saturated rings. The number of benzene rings is 2. The van der Waals surface area contributed by atoms with Crippen molar-refractivity contribution in [2.45, 2.75) is 20.5 Å². The third kappa shape index (κ3) is 3.29. The van der Waals surface area contributed by atoms with Gasteiger partial charge in [-0.25, -0.2) is 0 Å². The van der Waals surface area contributed by atoms with Gasteiger partial charge in [-0.2, -0.15) is 0 Å². The zero-order valence-electron chi connectivity index (χ0n) is 11.6. The van der Waals surface area contributed by atoms with E-state index in [1.54, 1.807) is 0 Å². The summed E-state index contributed by atoms with van der Waals surface area (Å²) in [5.74, 6) is 0.953. The number of aryl methyl sites for hydroxylation is 2. The first-order valence-corrected chi connectivity index (χ1v) is 6.37. The molecule has 0 unspecified atom stereocenters. The van der Waals surface area contributed by atoms with E-state index < -0.39 is 0 Å². The molecule has 2 aromatic rings. The molecule has 0 bridgehead atoms. The van der Waals surface area contributed by atoms with E-state index in [0.29, 0.717) is 12.2 Å². The molecule has 3 N–H and O–H groups in total. The SMILES string of the molecule is Cc1ccc(OCc2ccc(/C(N)=N/O)cc2C)cc1. The Morgan fingerprint density at radius 1 is 1.15 bits per heavy atom. The van der Waals surface area contributed by atoms with E-state index in [4.69, 9.17) is 15.7 Å². The maximum Gasteiger partial charge on any atom is 0.170 e. The van der Waals surface area contributed by atoms with Crippen LogP contribution in [0.2, 0.25) is 0 Å². The van der Waals surface area contributed by atoms with Crippen LogP contribution in [-0.2, 0) is 6.61 Å². The Morgan fingerprint density at radius 3 is 2.45 bits per heavy atom. The van der Waals surface area contributed by atoms with Gasteiger partial charge in [0.15, 0.2) is 5.84 Å². The van der Waals surface area contributed by atoms with E-state index in [2.05, 4.69) is 5.16 Å². The molecule has 104 valence electrons. The van der Waals surface area contributed by atoms with Gasteiger partial charge in [0, 0.05) is 5.56 Å². The zero-order valence-corrected chi connectivity index (χ0v) is 11.6. The van der Waals surface area contributed by atoms with Crippen molar-refractivity contribution in [3.05, 3.63) is 64.7 Å². The standard InChI is InChI=1S/C16H18N2O2/c1-11-3-7-15(8-4-11)20-10-14-6-5-13(9-12(14)2)16(17)18-19/h3-9,19H,10H2,1-2H3,(H2,17,18). The third-order valence-corrected chi connectivity index (χ3v) is 3.16. The second kappa shape index (κ2) is 6.10. The fraction of sp³-hybridized carbons (Fsp3) is 0.188. The number of nitrogens with two attached hydrogens (primary N) is 1. The maximum atomic E-state index is 8.66. The Balaban J connectivity index is 2.08. The van der Waals surface area contributed by atoms with Crippen molar-refractivity contribution in [1.29, 1.82) is 0 Å². The van der Waals surface area contributed by atoms with E-state index >= 15 is 0 Å². The van der Waals surface area contributed by atoms with Crippen molar-refractivity contribution in [3.63, 3.8) is 0 Å². The number of nitrogens with zero attached hydrogens (tertiary/aromatic N) is 1. The van der Waals surface area contributed by atoms with Gasteiger partial charge in [0.25, 0.3) is 0 Å². The average Bonchev–Trinajstić information content (AvgIpc) is 2.46. The Kier molecular flexibility index (Phi) is 4.25. The van der Waals surface area contributed by atoms with Crippen molar-refractivity contribution in [3.8, 4) is 5.75 Å². The largest absolute Gasteiger partial charge is 0.489 e. The minimum atomic E-state index is 0.110. The normalized spacial score (nSPS) is 11.4. The van der Waals surface area contributed by atoms with Gasteiger partial charge < -0.3 is 15.7 Å². The molecule has 0 radical (unpaired) electrons. The first-order chi connectivity index (χ1) is 9.60. The maximum absolute atomic E-state index is 8.66. The lowest BCUT2D eigenvalue weighted by Crippen LogP contribution is -2.13. The van der Waals surface area contributed by atoms with E-state index in [0.717, 1.165) is 16.9 Å². The van der Waals surface area contributed by atoms with E-state index in [1.807, 2.05) is 56.3 Å². The predicted molar refractivity (Wildman–Crippen MR) is 79.2 cm³/mol. The summed E-state index contributed by atoms with van der Waals surface area (Å²) in [4.78, 5) is 0. The van der Waals surface area contributed by atoms with Gasteiger partial charge >= 0.3 is 0 Å². The Bertz CT molecular complexity index is 619. The van der Waals surface area contributed by atoms with Crippen LogP contribution in [0.3, 0.4) is 0 Å². The third-order valence-electron chi connectivity index (χ3n) is 3.16. The molecular weight excluding hydrogens is 252 g/mol. The second-order valence-electron chi connectivity index (χ2n) is 4.73. The van der Waals surface area contributed by atoms with Crippen LogP contribution in [-0.4, -0.2) is 11.0 Å². The van der Waals surface area contributed by atoms with Crippen LogP contribution in [0.25, 0.3) is 0 Å². The quantitative estimate of drug-likeness (QED) is 0.388. The van der Waals surface area contributed by atoms with E-state index in [-0.39, 0.29) is 5.84 Å². The van der Waals surface area contributed by atoms with Crippen molar-refractivity contribution in [2.75, 3.05) is 0 Å². The number of ether oxygens (including phenoxy) is 1. The molecule has 0 spiro atoms. The van der Waals surface area contributed by atoms with Gasteiger partial charge in [0.1, 0.15) is 12.4 Å². The van der Waals surface area contributed by atoms with Gasteiger partial charge in [0.2, 0.25) is 0 Å². The molecule has 0 aliphatic rings. The van der Waals surface area contributed by atoms with Crippen LogP contribution in [0, 0.1) is 13.8 Å². The van der Waals surface area contributed by atoms with Crippen LogP contribution in [0.4, 0.5) is 0 Å². The van der Waals surface area contributed by atoms with Crippen LogP contribution in [0.1, 0.15) is 22.3 Å². The lowest BCUT2D eigenvalue weighted by Gasteiger charge is -2.10. The van der Waals surface area contributed by atoms with E-state index in [1.165, 1.54) is 5.56 Å². The summed E-state index contributed by atoms with van der Waals surface area (Å²) in [6, 6.07) is 13.6. The summed E-state index contributed by atoms with van der Waals surface area (Å²) in [5, 5.41) is 11.7. The van der Waals surface area contributed by atoms with Crippen molar-refractivity contribution in [1.82, 2.24) is 0 Å². The minimum absolute atomic E-state index is 0.110. The number of rotatable bonds is 4. The Hall–Kier alpha value is -2.49.